The maximum atomic E-state index is 8.95. The number of rotatable bonds is 1. The molecule has 0 fully saturated rings. The minimum absolute atomic E-state index is 0.709. The predicted molar refractivity (Wildman–Crippen MR) is 66.0 cm³/mol. The van der Waals surface area contributed by atoms with Gasteiger partial charge in [-0.1, -0.05) is 0 Å². The van der Waals surface area contributed by atoms with Crippen LogP contribution >= 0.6 is 39.0 Å². The van der Waals surface area contributed by atoms with Crippen LogP contribution < -0.4 is 0 Å². The van der Waals surface area contributed by atoms with Crippen LogP contribution in [-0.2, 0) is 0 Å². The smallest absolute Gasteiger partial charge is 0.100 e. The lowest BCUT2D eigenvalue weighted by Crippen LogP contribution is -1.80. The van der Waals surface area contributed by atoms with Crippen LogP contribution in [0.2, 0.25) is 0 Å². The van der Waals surface area contributed by atoms with Crippen LogP contribution in [0.15, 0.2) is 26.9 Å². The number of thiophene rings is 1. The molecule has 14 heavy (non-hydrogen) atoms. The van der Waals surface area contributed by atoms with E-state index in [0.717, 1.165) is 9.86 Å². The van der Waals surface area contributed by atoms with E-state index in [-0.39, 0.29) is 0 Å². The summed E-state index contributed by atoms with van der Waals surface area (Å²) in [6.45, 7) is 0. The minimum Gasteiger partial charge on any atom is -0.192 e. The van der Waals surface area contributed by atoms with Crippen molar-refractivity contribution in [3.05, 3.63) is 27.5 Å². The van der Waals surface area contributed by atoms with Crippen LogP contribution in [0.4, 0.5) is 0 Å². The monoisotopic (exact) mass is 283 g/mol. The fourth-order valence-electron chi connectivity index (χ4n) is 1.31. The molecule has 0 amide bonds. The Bertz CT molecular complexity index is 525. The zero-order valence-electron chi connectivity index (χ0n) is 7.37. The van der Waals surface area contributed by atoms with E-state index in [2.05, 4.69) is 27.4 Å². The molecule has 0 aliphatic rings. The third-order valence-electron chi connectivity index (χ3n) is 1.98. The Kier molecular flexibility index (Phi) is 2.82. The number of halogens is 1. The van der Waals surface area contributed by atoms with Crippen molar-refractivity contribution >= 4 is 49.1 Å². The zero-order chi connectivity index (χ0) is 10.1. The average Bonchev–Trinajstić information content (AvgIpc) is 2.68. The van der Waals surface area contributed by atoms with Crippen LogP contribution in [0.5, 0.6) is 0 Å². The third kappa shape index (κ3) is 1.46. The second-order valence-corrected chi connectivity index (χ2v) is 5.27. The summed E-state index contributed by atoms with van der Waals surface area (Å²) in [5.74, 6) is 0. The molecule has 0 atom stereocenters. The van der Waals surface area contributed by atoms with Crippen molar-refractivity contribution in [2.75, 3.05) is 6.26 Å². The molecule has 70 valence electrons. The summed E-state index contributed by atoms with van der Waals surface area (Å²) in [7, 11) is 0. The van der Waals surface area contributed by atoms with Crippen molar-refractivity contribution < 1.29 is 0 Å². The van der Waals surface area contributed by atoms with Gasteiger partial charge in [-0.3, -0.25) is 0 Å². The number of nitriles is 1. The number of thioether (sulfide) groups is 1. The van der Waals surface area contributed by atoms with Crippen molar-refractivity contribution in [3.63, 3.8) is 0 Å². The van der Waals surface area contributed by atoms with Crippen molar-refractivity contribution in [1.29, 1.82) is 5.26 Å². The van der Waals surface area contributed by atoms with Crippen LogP contribution in [-0.4, -0.2) is 6.26 Å². The number of nitrogens with zero attached hydrogens (tertiary/aromatic N) is 1. The Labute approximate surface area is 98.9 Å². The molecule has 2 rings (SSSR count). The zero-order valence-corrected chi connectivity index (χ0v) is 10.6. The van der Waals surface area contributed by atoms with Gasteiger partial charge in [-0.15, -0.1) is 23.1 Å². The lowest BCUT2D eigenvalue weighted by Gasteiger charge is -2.02. The van der Waals surface area contributed by atoms with Crippen molar-refractivity contribution in [3.8, 4) is 6.07 Å². The van der Waals surface area contributed by atoms with E-state index in [9.17, 15) is 0 Å². The van der Waals surface area contributed by atoms with Gasteiger partial charge in [-0.05, 0) is 39.7 Å². The van der Waals surface area contributed by atoms with E-state index in [1.165, 1.54) is 9.60 Å². The first-order valence-electron chi connectivity index (χ1n) is 3.91. The summed E-state index contributed by atoms with van der Waals surface area (Å²) in [6.07, 6.45) is 2.03. The predicted octanol–water partition coefficient (Wildman–Crippen LogP) is 4.26. The molecule has 0 aliphatic heterocycles. The largest absolute Gasteiger partial charge is 0.192 e. The van der Waals surface area contributed by atoms with Crippen molar-refractivity contribution in [2.24, 2.45) is 0 Å². The molecule has 0 spiro atoms. The Morgan fingerprint density at radius 3 is 3.00 bits per heavy atom. The number of hydrogen-bond acceptors (Lipinski definition) is 3. The van der Waals surface area contributed by atoms with E-state index in [0.29, 0.717) is 5.56 Å². The van der Waals surface area contributed by atoms with Gasteiger partial charge < -0.3 is 0 Å². The summed E-state index contributed by atoms with van der Waals surface area (Å²) in [6, 6.07) is 6.18. The minimum atomic E-state index is 0.709. The second-order valence-electron chi connectivity index (χ2n) is 2.72. The molecule has 1 nitrogen and oxygen atoms in total. The van der Waals surface area contributed by atoms with Gasteiger partial charge in [0.15, 0.2) is 0 Å². The van der Waals surface area contributed by atoms with Crippen molar-refractivity contribution in [2.45, 2.75) is 4.90 Å². The Hall–Kier alpha value is -0.500. The van der Waals surface area contributed by atoms with Gasteiger partial charge in [0.2, 0.25) is 0 Å². The Morgan fingerprint density at radius 1 is 1.57 bits per heavy atom. The number of benzene rings is 1. The lowest BCUT2D eigenvalue weighted by atomic mass is 10.2. The van der Waals surface area contributed by atoms with E-state index in [4.69, 9.17) is 5.26 Å². The molecule has 4 heteroatoms. The van der Waals surface area contributed by atoms with Crippen LogP contribution in [0, 0.1) is 11.3 Å². The number of hydrogen-bond donors (Lipinski definition) is 0. The topological polar surface area (TPSA) is 23.8 Å². The summed E-state index contributed by atoms with van der Waals surface area (Å²) < 4.78 is 2.16. The van der Waals surface area contributed by atoms with Gasteiger partial charge in [-0.2, -0.15) is 5.26 Å². The van der Waals surface area contributed by atoms with E-state index in [1.807, 2.05) is 18.4 Å². The molecule has 0 saturated heterocycles. The SMILES string of the molecule is CSc1cc(C#N)c(Br)c2ccsc12. The third-order valence-corrected chi connectivity index (χ3v) is 4.67. The molecule has 0 bridgehead atoms. The Balaban J connectivity index is 2.89. The van der Waals surface area contributed by atoms with Gasteiger partial charge in [0.25, 0.3) is 0 Å². The Morgan fingerprint density at radius 2 is 2.36 bits per heavy atom. The molecule has 0 N–H and O–H groups in total. The molecule has 1 aromatic carbocycles. The first-order chi connectivity index (χ1) is 6.77. The molecule has 0 saturated carbocycles. The highest BCUT2D eigenvalue weighted by Gasteiger charge is 2.10. The second kappa shape index (κ2) is 3.93. The summed E-state index contributed by atoms with van der Waals surface area (Å²) in [5, 5.41) is 12.1. The highest BCUT2D eigenvalue weighted by molar-refractivity contribution is 9.10. The van der Waals surface area contributed by atoms with Gasteiger partial charge in [-0.25, -0.2) is 0 Å². The first kappa shape index (κ1) is 10.0. The maximum Gasteiger partial charge on any atom is 0.100 e. The van der Waals surface area contributed by atoms with E-state index in [1.54, 1.807) is 23.1 Å². The molecular weight excluding hydrogens is 278 g/mol. The molecule has 0 aliphatic carbocycles. The van der Waals surface area contributed by atoms with Gasteiger partial charge in [0.1, 0.15) is 6.07 Å². The molecule has 0 unspecified atom stereocenters. The van der Waals surface area contributed by atoms with Gasteiger partial charge in [0, 0.05) is 19.5 Å². The van der Waals surface area contributed by atoms with E-state index < -0.39 is 0 Å². The lowest BCUT2D eigenvalue weighted by molar-refractivity contribution is 1.45. The van der Waals surface area contributed by atoms with E-state index >= 15 is 0 Å². The molecule has 0 radical (unpaired) electrons. The molecule has 1 aromatic heterocycles. The van der Waals surface area contributed by atoms with Crippen LogP contribution in [0.1, 0.15) is 5.56 Å². The highest BCUT2D eigenvalue weighted by atomic mass is 79.9. The maximum absolute atomic E-state index is 8.95. The van der Waals surface area contributed by atoms with Gasteiger partial charge >= 0.3 is 0 Å². The summed E-state index contributed by atoms with van der Waals surface area (Å²) in [4.78, 5) is 1.18. The average molecular weight is 284 g/mol. The number of fused-ring (bicyclic) bond motifs is 1. The molecule has 2 aromatic rings. The highest BCUT2D eigenvalue weighted by Crippen LogP contribution is 2.37. The normalized spacial score (nSPS) is 10.4. The fourth-order valence-corrected chi connectivity index (χ4v) is 3.71. The summed E-state index contributed by atoms with van der Waals surface area (Å²) >= 11 is 6.85. The first-order valence-corrected chi connectivity index (χ1v) is 6.81. The molecular formula is C10H6BrNS2. The quantitative estimate of drug-likeness (QED) is 0.731. The van der Waals surface area contributed by atoms with Gasteiger partial charge in [0.05, 0.1) is 5.56 Å². The standard InChI is InChI=1S/C10H6BrNS2/c1-13-8-4-6(5-12)9(11)7-2-3-14-10(7)8/h2-4H,1H3. The fraction of sp³-hybridized carbons (Fsp3) is 0.100. The summed E-state index contributed by atoms with van der Waals surface area (Å²) in [5.41, 5.74) is 0.709. The van der Waals surface area contributed by atoms with Crippen LogP contribution in [0.25, 0.3) is 10.1 Å². The molecule has 1 heterocycles. The van der Waals surface area contributed by atoms with Crippen molar-refractivity contribution in [1.82, 2.24) is 0 Å². The van der Waals surface area contributed by atoms with Crippen LogP contribution in [0.3, 0.4) is 0 Å².